The van der Waals surface area contributed by atoms with E-state index in [0.717, 1.165) is 12.8 Å². The van der Waals surface area contributed by atoms with Crippen LogP contribution >= 0.6 is 22.9 Å². The number of thiophene rings is 1. The van der Waals surface area contributed by atoms with Crippen molar-refractivity contribution in [2.75, 3.05) is 0 Å². The number of carbonyl (C=O) groups is 1. The lowest BCUT2D eigenvalue weighted by Gasteiger charge is -2.21. The van der Waals surface area contributed by atoms with Gasteiger partial charge < -0.3 is 4.74 Å². The average Bonchev–Trinajstić information content (AvgIpc) is 2.66. The van der Waals surface area contributed by atoms with Gasteiger partial charge in [0.25, 0.3) is 0 Å². The van der Waals surface area contributed by atoms with Gasteiger partial charge >= 0.3 is 5.97 Å². The van der Waals surface area contributed by atoms with Gasteiger partial charge in [0.2, 0.25) is 0 Å². The van der Waals surface area contributed by atoms with Crippen molar-refractivity contribution in [1.29, 1.82) is 0 Å². The summed E-state index contributed by atoms with van der Waals surface area (Å²) in [4.78, 5) is 12.3. The molecule has 0 N–H and O–H groups in total. The third kappa shape index (κ3) is 2.95. The van der Waals surface area contributed by atoms with Gasteiger partial charge in [-0.2, -0.15) is 0 Å². The first kappa shape index (κ1) is 11.0. The van der Waals surface area contributed by atoms with Crippen LogP contribution in [0, 0.1) is 0 Å². The first-order valence-corrected chi connectivity index (χ1v) is 6.41. The van der Waals surface area contributed by atoms with Gasteiger partial charge in [0.15, 0.2) is 0 Å². The molecule has 0 saturated heterocycles. The fourth-order valence-corrected chi connectivity index (χ4v) is 2.74. The molecule has 4 heteroatoms. The van der Waals surface area contributed by atoms with Crippen molar-refractivity contribution in [1.82, 2.24) is 0 Å². The normalized spacial score (nSPS) is 17.7. The van der Waals surface area contributed by atoms with E-state index >= 15 is 0 Å². The molecule has 82 valence electrons. The summed E-state index contributed by atoms with van der Waals surface area (Å²) >= 11 is 7.03. The summed E-state index contributed by atoms with van der Waals surface area (Å²) in [7, 11) is 0. The molecule has 0 amide bonds. The smallest absolute Gasteiger partial charge is 0.348 e. The molecule has 1 fully saturated rings. The number of rotatable bonds is 2. The molecule has 1 aromatic heterocycles. The highest BCUT2D eigenvalue weighted by Crippen LogP contribution is 2.25. The summed E-state index contributed by atoms with van der Waals surface area (Å²) in [6.45, 7) is 0. The van der Waals surface area contributed by atoms with E-state index < -0.39 is 0 Å². The molecule has 0 unspecified atom stereocenters. The van der Waals surface area contributed by atoms with Crippen LogP contribution in [0.5, 0.6) is 0 Å². The number of ether oxygens (including phenoxy) is 1. The Hall–Kier alpha value is -0.540. The van der Waals surface area contributed by atoms with Crippen molar-refractivity contribution in [3.05, 3.63) is 21.3 Å². The maximum Gasteiger partial charge on any atom is 0.348 e. The van der Waals surface area contributed by atoms with Crippen molar-refractivity contribution < 1.29 is 9.53 Å². The molecule has 1 aliphatic carbocycles. The summed E-state index contributed by atoms with van der Waals surface area (Å²) in [6, 6.07) is 3.45. The van der Waals surface area contributed by atoms with Crippen LogP contribution in [0.1, 0.15) is 41.8 Å². The average molecular weight is 245 g/mol. The molecule has 0 atom stereocenters. The Kier molecular flexibility index (Phi) is 3.65. The molecule has 1 saturated carbocycles. The third-order valence-electron chi connectivity index (χ3n) is 2.60. The monoisotopic (exact) mass is 244 g/mol. The number of esters is 1. The Morgan fingerprint density at radius 3 is 2.67 bits per heavy atom. The van der Waals surface area contributed by atoms with Crippen LogP contribution in [0.25, 0.3) is 0 Å². The molecule has 0 radical (unpaired) electrons. The second-order valence-corrected chi connectivity index (χ2v) is 5.48. The summed E-state index contributed by atoms with van der Waals surface area (Å²) < 4.78 is 6.03. The van der Waals surface area contributed by atoms with Gasteiger partial charge in [-0.05, 0) is 37.8 Å². The molecule has 15 heavy (non-hydrogen) atoms. The van der Waals surface area contributed by atoms with Gasteiger partial charge in [0.05, 0.1) is 4.34 Å². The van der Waals surface area contributed by atoms with Crippen LogP contribution < -0.4 is 0 Å². The maximum absolute atomic E-state index is 11.7. The van der Waals surface area contributed by atoms with Crippen molar-refractivity contribution in [2.24, 2.45) is 0 Å². The molecule has 2 nitrogen and oxygen atoms in total. The van der Waals surface area contributed by atoms with Crippen molar-refractivity contribution in [2.45, 2.75) is 38.2 Å². The fraction of sp³-hybridized carbons (Fsp3) is 0.545. The van der Waals surface area contributed by atoms with Crippen LogP contribution in [0.3, 0.4) is 0 Å². The quantitative estimate of drug-likeness (QED) is 0.738. The maximum atomic E-state index is 11.7. The van der Waals surface area contributed by atoms with Crippen LogP contribution in [0.4, 0.5) is 0 Å². The van der Waals surface area contributed by atoms with Crippen LogP contribution in [0.15, 0.2) is 12.1 Å². The van der Waals surface area contributed by atoms with E-state index in [1.54, 1.807) is 12.1 Å². The Bertz CT molecular complexity index is 342. The minimum atomic E-state index is -0.223. The van der Waals surface area contributed by atoms with Gasteiger partial charge in [0, 0.05) is 0 Å². The largest absolute Gasteiger partial charge is 0.458 e. The number of carbonyl (C=O) groups excluding carboxylic acids is 1. The predicted molar refractivity (Wildman–Crippen MR) is 61.6 cm³/mol. The lowest BCUT2D eigenvalue weighted by atomic mass is 9.98. The molecule has 1 aliphatic rings. The second-order valence-electron chi connectivity index (χ2n) is 3.77. The highest BCUT2D eigenvalue weighted by Gasteiger charge is 2.19. The second kappa shape index (κ2) is 4.99. The van der Waals surface area contributed by atoms with Gasteiger partial charge in [-0.1, -0.05) is 18.0 Å². The Morgan fingerprint density at radius 2 is 2.07 bits per heavy atom. The SMILES string of the molecule is O=C(OC1CCCCC1)c1ccc(Cl)s1. The summed E-state index contributed by atoms with van der Waals surface area (Å²) in [5.41, 5.74) is 0. The molecule has 1 aromatic rings. The highest BCUT2D eigenvalue weighted by molar-refractivity contribution is 7.17. The standard InChI is InChI=1S/C11H13ClO2S/c12-10-7-6-9(15-10)11(13)14-8-4-2-1-3-5-8/h6-8H,1-5H2. The zero-order chi connectivity index (χ0) is 10.7. The van der Waals surface area contributed by atoms with E-state index in [2.05, 4.69) is 0 Å². The molecule has 0 aromatic carbocycles. The van der Waals surface area contributed by atoms with E-state index in [-0.39, 0.29) is 12.1 Å². The summed E-state index contributed by atoms with van der Waals surface area (Å²) in [5, 5.41) is 0. The lowest BCUT2D eigenvalue weighted by molar-refractivity contribution is 0.0217. The highest BCUT2D eigenvalue weighted by atomic mass is 35.5. The minimum Gasteiger partial charge on any atom is -0.458 e. The van der Waals surface area contributed by atoms with Crippen LogP contribution in [-0.4, -0.2) is 12.1 Å². The van der Waals surface area contributed by atoms with Crippen LogP contribution in [-0.2, 0) is 4.74 Å². The summed E-state index contributed by atoms with van der Waals surface area (Å²) in [6.07, 6.45) is 5.73. The topological polar surface area (TPSA) is 26.3 Å². The number of hydrogen-bond donors (Lipinski definition) is 0. The lowest BCUT2D eigenvalue weighted by Crippen LogP contribution is -2.20. The molecular weight excluding hydrogens is 232 g/mol. The van der Waals surface area contributed by atoms with Crippen molar-refractivity contribution in [3.63, 3.8) is 0 Å². The zero-order valence-corrected chi connectivity index (χ0v) is 9.94. The Labute approximate surface area is 98.2 Å². The molecule has 0 aliphatic heterocycles. The van der Waals surface area contributed by atoms with E-state index in [1.165, 1.54) is 30.6 Å². The van der Waals surface area contributed by atoms with Gasteiger partial charge in [0.1, 0.15) is 11.0 Å². The minimum absolute atomic E-state index is 0.118. The first-order valence-electron chi connectivity index (χ1n) is 5.22. The fourth-order valence-electron chi connectivity index (χ4n) is 1.82. The summed E-state index contributed by atoms with van der Waals surface area (Å²) in [5.74, 6) is -0.223. The Balaban J connectivity index is 1.91. The third-order valence-corrected chi connectivity index (χ3v) is 3.81. The number of halogens is 1. The molecule has 0 bridgehead atoms. The van der Waals surface area contributed by atoms with Crippen molar-refractivity contribution in [3.8, 4) is 0 Å². The van der Waals surface area contributed by atoms with E-state index in [9.17, 15) is 4.79 Å². The van der Waals surface area contributed by atoms with E-state index in [1.807, 2.05) is 0 Å². The van der Waals surface area contributed by atoms with Crippen LogP contribution in [0.2, 0.25) is 4.34 Å². The number of hydrogen-bond acceptors (Lipinski definition) is 3. The molecule has 0 spiro atoms. The van der Waals surface area contributed by atoms with Crippen molar-refractivity contribution >= 4 is 28.9 Å². The first-order chi connectivity index (χ1) is 7.25. The zero-order valence-electron chi connectivity index (χ0n) is 8.37. The van der Waals surface area contributed by atoms with Gasteiger partial charge in [-0.15, -0.1) is 11.3 Å². The van der Waals surface area contributed by atoms with Gasteiger partial charge in [-0.3, -0.25) is 0 Å². The predicted octanol–water partition coefficient (Wildman–Crippen LogP) is 3.89. The molecule has 2 rings (SSSR count). The molecular formula is C11H13ClO2S. The Morgan fingerprint density at radius 1 is 1.33 bits per heavy atom. The van der Waals surface area contributed by atoms with E-state index in [0.29, 0.717) is 9.21 Å². The molecule has 1 heterocycles. The van der Waals surface area contributed by atoms with E-state index in [4.69, 9.17) is 16.3 Å². The van der Waals surface area contributed by atoms with Gasteiger partial charge in [-0.25, -0.2) is 4.79 Å².